The third-order valence-corrected chi connectivity index (χ3v) is 5.88. The Bertz CT molecular complexity index is 1480. The number of nitrogens with zero attached hydrogens (tertiary/aromatic N) is 2. The maximum absolute atomic E-state index is 14.7. The SMILES string of the molecule is Cc1c(NC(=O)c2ccc(OCc3ccccc3)cc2F)ccc2cc(Cn3cccc3)cnc12. The molecular weight excluding hydrogens is 441 g/mol. The normalized spacial score (nSPS) is 10.9. The van der Waals surface area contributed by atoms with Gasteiger partial charge in [0.1, 0.15) is 18.2 Å². The maximum Gasteiger partial charge on any atom is 0.258 e. The molecule has 0 atom stereocenters. The molecule has 0 aliphatic heterocycles. The summed E-state index contributed by atoms with van der Waals surface area (Å²) in [7, 11) is 0. The summed E-state index contributed by atoms with van der Waals surface area (Å²) in [6.45, 7) is 2.95. The third-order valence-electron chi connectivity index (χ3n) is 5.88. The number of anilines is 1. The van der Waals surface area contributed by atoms with E-state index in [2.05, 4.69) is 20.9 Å². The Hall–Kier alpha value is -4.45. The highest BCUT2D eigenvalue weighted by atomic mass is 19.1. The number of fused-ring (bicyclic) bond motifs is 1. The van der Waals surface area contributed by atoms with Gasteiger partial charge in [0.15, 0.2) is 0 Å². The van der Waals surface area contributed by atoms with Crippen LogP contribution >= 0.6 is 0 Å². The number of benzene rings is 3. The summed E-state index contributed by atoms with van der Waals surface area (Å²) in [5.41, 5.74) is 4.23. The first kappa shape index (κ1) is 22.3. The number of hydrogen-bond acceptors (Lipinski definition) is 3. The molecule has 5 nitrogen and oxygen atoms in total. The van der Waals surface area contributed by atoms with Crippen LogP contribution in [0.15, 0.2) is 97.5 Å². The topological polar surface area (TPSA) is 56.1 Å². The van der Waals surface area contributed by atoms with Gasteiger partial charge < -0.3 is 14.6 Å². The molecule has 0 saturated heterocycles. The highest BCUT2D eigenvalue weighted by molar-refractivity contribution is 6.06. The molecule has 35 heavy (non-hydrogen) atoms. The van der Waals surface area contributed by atoms with E-state index >= 15 is 0 Å². The molecule has 1 amide bonds. The molecule has 174 valence electrons. The molecule has 0 spiro atoms. The van der Waals surface area contributed by atoms with E-state index in [4.69, 9.17) is 4.74 Å². The molecule has 6 heteroatoms. The lowest BCUT2D eigenvalue weighted by Gasteiger charge is -2.13. The van der Waals surface area contributed by atoms with Crippen molar-refractivity contribution in [3.63, 3.8) is 0 Å². The quantitative estimate of drug-likeness (QED) is 0.304. The molecule has 0 aliphatic carbocycles. The molecule has 2 heterocycles. The van der Waals surface area contributed by atoms with Crippen molar-refractivity contribution in [1.82, 2.24) is 9.55 Å². The Labute approximate surface area is 202 Å². The van der Waals surface area contributed by atoms with E-state index < -0.39 is 11.7 Å². The number of nitrogens with one attached hydrogen (secondary N) is 1. The van der Waals surface area contributed by atoms with Gasteiger partial charge in [-0.25, -0.2) is 4.39 Å². The van der Waals surface area contributed by atoms with Crippen LogP contribution in [0.2, 0.25) is 0 Å². The van der Waals surface area contributed by atoms with Crippen LogP contribution in [-0.4, -0.2) is 15.5 Å². The zero-order chi connectivity index (χ0) is 24.2. The first-order valence-electron chi connectivity index (χ1n) is 11.3. The van der Waals surface area contributed by atoms with Crippen LogP contribution in [0.3, 0.4) is 0 Å². The number of halogens is 1. The average Bonchev–Trinajstić information content (AvgIpc) is 3.38. The molecule has 5 aromatic rings. The van der Waals surface area contributed by atoms with Crippen LogP contribution in [0.5, 0.6) is 5.75 Å². The van der Waals surface area contributed by atoms with Gasteiger partial charge in [-0.2, -0.15) is 0 Å². The minimum Gasteiger partial charge on any atom is -0.489 e. The molecule has 0 fully saturated rings. The number of aromatic nitrogens is 2. The summed E-state index contributed by atoms with van der Waals surface area (Å²) in [5.74, 6) is -0.798. The number of pyridine rings is 1. The van der Waals surface area contributed by atoms with Crippen molar-refractivity contribution in [2.24, 2.45) is 0 Å². The summed E-state index contributed by atoms with van der Waals surface area (Å²) in [5, 5.41) is 3.81. The molecule has 0 aliphatic rings. The second-order valence-corrected chi connectivity index (χ2v) is 8.38. The summed E-state index contributed by atoms with van der Waals surface area (Å²) >= 11 is 0. The van der Waals surface area contributed by atoms with Crippen molar-refractivity contribution in [2.45, 2.75) is 20.1 Å². The van der Waals surface area contributed by atoms with Crippen LogP contribution in [0.25, 0.3) is 10.9 Å². The predicted molar refractivity (Wildman–Crippen MR) is 135 cm³/mol. The van der Waals surface area contributed by atoms with Gasteiger partial charge in [0, 0.05) is 42.3 Å². The molecule has 0 unspecified atom stereocenters. The van der Waals surface area contributed by atoms with Crippen molar-refractivity contribution in [1.29, 1.82) is 0 Å². The maximum atomic E-state index is 14.7. The number of carbonyl (C=O) groups is 1. The fourth-order valence-corrected chi connectivity index (χ4v) is 4.00. The molecule has 0 bridgehead atoms. The standard InChI is InChI=1S/C29H24FN3O2/c1-20-27(12-9-23-15-22(17-31-28(20)23)18-33-13-5-6-14-33)32-29(34)25-11-10-24(16-26(25)30)35-19-21-7-3-2-4-8-21/h2-17H,18-19H2,1H3,(H,32,34). The molecule has 0 radical (unpaired) electrons. The van der Waals surface area contributed by atoms with E-state index in [1.165, 1.54) is 12.1 Å². The largest absolute Gasteiger partial charge is 0.489 e. The number of amides is 1. The van der Waals surface area contributed by atoms with Gasteiger partial charge in [0.2, 0.25) is 0 Å². The Morgan fingerprint density at radius 3 is 2.54 bits per heavy atom. The second-order valence-electron chi connectivity index (χ2n) is 8.38. The number of ether oxygens (including phenoxy) is 1. The lowest BCUT2D eigenvalue weighted by atomic mass is 10.1. The molecule has 5 rings (SSSR count). The van der Waals surface area contributed by atoms with Crippen LogP contribution < -0.4 is 10.1 Å². The third kappa shape index (κ3) is 5.06. The average molecular weight is 466 g/mol. The lowest BCUT2D eigenvalue weighted by Crippen LogP contribution is -2.15. The van der Waals surface area contributed by atoms with Crippen LogP contribution in [0.4, 0.5) is 10.1 Å². The van der Waals surface area contributed by atoms with Gasteiger partial charge in [-0.05, 0) is 60.0 Å². The Morgan fingerprint density at radius 2 is 1.77 bits per heavy atom. The van der Waals surface area contributed by atoms with Crippen LogP contribution in [0.1, 0.15) is 27.0 Å². The summed E-state index contributed by atoms with van der Waals surface area (Å²) in [4.78, 5) is 17.5. The number of aryl methyl sites for hydroxylation is 1. The van der Waals surface area contributed by atoms with Gasteiger partial charge in [0.25, 0.3) is 5.91 Å². The van der Waals surface area contributed by atoms with Gasteiger partial charge in [-0.1, -0.05) is 36.4 Å². The monoisotopic (exact) mass is 465 g/mol. The minimum absolute atomic E-state index is 0.0495. The molecule has 3 aromatic carbocycles. The number of rotatable bonds is 7. The highest BCUT2D eigenvalue weighted by Crippen LogP contribution is 2.26. The fourth-order valence-electron chi connectivity index (χ4n) is 4.00. The van der Waals surface area contributed by atoms with Crippen molar-refractivity contribution >= 4 is 22.5 Å². The lowest BCUT2D eigenvalue weighted by molar-refractivity contribution is 0.102. The smallest absolute Gasteiger partial charge is 0.258 e. The van der Waals surface area contributed by atoms with Gasteiger partial charge in [0.05, 0.1) is 11.1 Å². The minimum atomic E-state index is -0.640. The zero-order valence-electron chi connectivity index (χ0n) is 19.2. The number of carbonyl (C=O) groups excluding carboxylic acids is 1. The van der Waals surface area contributed by atoms with Crippen molar-refractivity contribution in [3.8, 4) is 5.75 Å². The first-order valence-corrected chi connectivity index (χ1v) is 11.3. The summed E-state index contributed by atoms with van der Waals surface area (Å²) in [6, 6.07) is 23.7. The van der Waals surface area contributed by atoms with Crippen molar-refractivity contribution in [3.05, 3.63) is 126 Å². The van der Waals surface area contributed by atoms with Gasteiger partial charge in [-0.15, -0.1) is 0 Å². The van der Waals surface area contributed by atoms with Crippen molar-refractivity contribution < 1.29 is 13.9 Å². The Morgan fingerprint density at radius 1 is 0.971 bits per heavy atom. The summed E-state index contributed by atoms with van der Waals surface area (Å²) < 4.78 is 22.5. The van der Waals surface area contributed by atoms with Crippen LogP contribution in [0, 0.1) is 12.7 Å². The fraction of sp³-hybridized carbons (Fsp3) is 0.103. The van der Waals surface area contributed by atoms with Gasteiger partial charge >= 0.3 is 0 Å². The van der Waals surface area contributed by atoms with E-state index in [0.29, 0.717) is 18.0 Å². The van der Waals surface area contributed by atoms with Crippen LogP contribution in [-0.2, 0) is 13.2 Å². The molecule has 1 N–H and O–H groups in total. The zero-order valence-corrected chi connectivity index (χ0v) is 19.2. The Kier molecular flexibility index (Phi) is 6.26. The Balaban J connectivity index is 1.30. The van der Waals surface area contributed by atoms with E-state index in [1.807, 2.05) is 80.1 Å². The van der Waals surface area contributed by atoms with E-state index in [1.54, 1.807) is 6.07 Å². The van der Waals surface area contributed by atoms with E-state index in [0.717, 1.165) is 34.1 Å². The summed E-state index contributed by atoms with van der Waals surface area (Å²) in [6.07, 6.45) is 5.86. The first-order chi connectivity index (χ1) is 17.1. The molecule has 0 saturated carbocycles. The van der Waals surface area contributed by atoms with E-state index in [-0.39, 0.29) is 5.56 Å². The predicted octanol–water partition coefficient (Wildman–Crippen LogP) is 6.36. The van der Waals surface area contributed by atoms with Crippen molar-refractivity contribution in [2.75, 3.05) is 5.32 Å². The van der Waals surface area contributed by atoms with Gasteiger partial charge in [-0.3, -0.25) is 9.78 Å². The molecular formula is C29H24FN3O2. The number of hydrogen-bond donors (Lipinski definition) is 1. The van der Waals surface area contributed by atoms with E-state index in [9.17, 15) is 9.18 Å². The molecule has 2 aromatic heterocycles. The second kappa shape index (κ2) is 9.81. The highest BCUT2D eigenvalue weighted by Gasteiger charge is 2.15.